The maximum Gasteiger partial charge on any atom is 0.246 e. The zero-order valence-corrected chi connectivity index (χ0v) is 15.9. The van der Waals surface area contributed by atoms with Gasteiger partial charge in [0.2, 0.25) is 5.91 Å². The molecule has 1 heterocycles. The Morgan fingerprint density at radius 3 is 2.33 bits per heavy atom. The third kappa shape index (κ3) is 5.34. The van der Waals surface area contributed by atoms with E-state index in [1.54, 1.807) is 20.3 Å². The Morgan fingerprint density at radius 1 is 0.963 bits per heavy atom. The van der Waals surface area contributed by atoms with E-state index in [4.69, 9.17) is 9.47 Å². The molecule has 27 heavy (non-hydrogen) atoms. The third-order valence-corrected chi connectivity index (χ3v) is 4.76. The van der Waals surface area contributed by atoms with Gasteiger partial charge in [-0.05, 0) is 41.5 Å². The number of rotatable bonds is 6. The molecule has 0 unspecified atom stereocenters. The standard InChI is InChI=1S/C22H26N2O3/c1-26-20-9-6-18(7-10-20)8-11-22(25)24-14-12-23(13-15-24)17-19-4-3-5-21(16-19)27-2/h3-11,16H,12-15,17H2,1-2H3/b11-8+. The molecule has 0 N–H and O–H groups in total. The number of methoxy groups -OCH3 is 2. The largest absolute Gasteiger partial charge is 0.497 e. The maximum absolute atomic E-state index is 12.4. The van der Waals surface area contributed by atoms with Gasteiger partial charge in [0.25, 0.3) is 0 Å². The van der Waals surface area contributed by atoms with Crippen molar-refractivity contribution in [1.82, 2.24) is 9.80 Å². The Morgan fingerprint density at radius 2 is 1.67 bits per heavy atom. The van der Waals surface area contributed by atoms with Gasteiger partial charge in [-0.15, -0.1) is 0 Å². The second-order valence-corrected chi connectivity index (χ2v) is 6.56. The second-order valence-electron chi connectivity index (χ2n) is 6.56. The minimum Gasteiger partial charge on any atom is -0.497 e. The summed E-state index contributed by atoms with van der Waals surface area (Å²) in [7, 11) is 3.32. The summed E-state index contributed by atoms with van der Waals surface area (Å²) in [5, 5.41) is 0. The number of hydrogen-bond acceptors (Lipinski definition) is 4. The van der Waals surface area contributed by atoms with Gasteiger partial charge in [0, 0.05) is 38.8 Å². The number of carbonyl (C=O) groups excluding carboxylic acids is 1. The summed E-state index contributed by atoms with van der Waals surface area (Å²) in [5.41, 5.74) is 2.22. The molecule has 1 saturated heterocycles. The second kappa shape index (κ2) is 9.24. The molecule has 0 radical (unpaired) electrons. The Labute approximate surface area is 160 Å². The highest BCUT2D eigenvalue weighted by Crippen LogP contribution is 2.16. The van der Waals surface area contributed by atoms with Gasteiger partial charge in [0.1, 0.15) is 11.5 Å². The number of amides is 1. The minimum absolute atomic E-state index is 0.0619. The molecule has 0 bridgehead atoms. The fourth-order valence-electron chi connectivity index (χ4n) is 3.14. The van der Waals surface area contributed by atoms with E-state index in [2.05, 4.69) is 17.0 Å². The van der Waals surface area contributed by atoms with Gasteiger partial charge in [-0.2, -0.15) is 0 Å². The van der Waals surface area contributed by atoms with Gasteiger partial charge < -0.3 is 14.4 Å². The van der Waals surface area contributed by atoms with Crippen LogP contribution in [0.3, 0.4) is 0 Å². The molecule has 0 spiro atoms. The lowest BCUT2D eigenvalue weighted by molar-refractivity contribution is -0.127. The monoisotopic (exact) mass is 366 g/mol. The molecule has 2 aromatic carbocycles. The molecule has 0 saturated carbocycles. The van der Waals surface area contributed by atoms with Crippen molar-refractivity contribution < 1.29 is 14.3 Å². The molecule has 0 aliphatic carbocycles. The topological polar surface area (TPSA) is 42.0 Å². The molecule has 0 atom stereocenters. The van der Waals surface area contributed by atoms with E-state index in [0.717, 1.165) is 49.8 Å². The van der Waals surface area contributed by atoms with Gasteiger partial charge >= 0.3 is 0 Å². The molecule has 5 heteroatoms. The van der Waals surface area contributed by atoms with E-state index >= 15 is 0 Å². The van der Waals surface area contributed by atoms with Crippen LogP contribution in [0.5, 0.6) is 11.5 Å². The van der Waals surface area contributed by atoms with Crippen molar-refractivity contribution in [1.29, 1.82) is 0 Å². The molecular weight excluding hydrogens is 340 g/mol. The van der Waals surface area contributed by atoms with Crippen molar-refractivity contribution in [3.8, 4) is 11.5 Å². The zero-order chi connectivity index (χ0) is 19.1. The number of carbonyl (C=O) groups is 1. The number of hydrogen-bond donors (Lipinski definition) is 0. The summed E-state index contributed by atoms with van der Waals surface area (Å²) in [4.78, 5) is 16.7. The van der Waals surface area contributed by atoms with Crippen molar-refractivity contribution in [2.24, 2.45) is 0 Å². The minimum atomic E-state index is 0.0619. The van der Waals surface area contributed by atoms with E-state index in [0.29, 0.717) is 0 Å². The Bertz CT molecular complexity index is 778. The highest BCUT2D eigenvalue weighted by Gasteiger charge is 2.19. The molecule has 1 amide bonds. The van der Waals surface area contributed by atoms with Crippen molar-refractivity contribution in [2.45, 2.75) is 6.54 Å². The Balaban J connectivity index is 1.49. The molecule has 1 aliphatic heterocycles. The lowest BCUT2D eigenvalue weighted by atomic mass is 10.1. The van der Waals surface area contributed by atoms with Crippen LogP contribution in [0.25, 0.3) is 6.08 Å². The number of ether oxygens (including phenoxy) is 2. The molecule has 1 fully saturated rings. The fourth-order valence-corrected chi connectivity index (χ4v) is 3.14. The summed E-state index contributed by atoms with van der Waals surface area (Å²) >= 11 is 0. The number of piperazine rings is 1. The van der Waals surface area contributed by atoms with Crippen LogP contribution in [0, 0.1) is 0 Å². The highest BCUT2D eigenvalue weighted by atomic mass is 16.5. The number of nitrogens with zero attached hydrogens (tertiary/aromatic N) is 2. The summed E-state index contributed by atoms with van der Waals surface area (Å²) in [6.07, 6.45) is 3.50. The lowest BCUT2D eigenvalue weighted by Gasteiger charge is -2.34. The van der Waals surface area contributed by atoms with E-state index in [9.17, 15) is 4.79 Å². The molecule has 3 rings (SSSR count). The van der Waals surface area contributed by atoms with Crippen LogP contribution in [0.4, 0.5) is 0 Å². The van der Waals surface area contributed by atoms with Crippen LogP contribution in [0.2, 0.25) is 0 Å². The summed E-state index contributed by atoms with van der Waals surface area (Å²) in [6.45, 7) is 4.12. The average Bonchev–Trinajstić information content (AvgIpc) is 2.73. The molecule has 142 valence electrons. The maximum atomic E-state index is 12.4. The predicted octanol–water partition coefficient (Wildman–Crippen LogP) is 3.06. The average molecular weight is 366 g/mol. The van der Waals surface area contributed by atoms with Gasteiger partial charge in [-0.3, -0.25) is 9.69 Å². The van der Waals surface area contributed by atoms with Gasteiger partial charge in [0.15, 0.2) is 0 Å². The highest BCUT2D eigenvalue weighted by molar-refractivity contribution is 5.91. The normalized spacial score (nSPS) is 15.1. The Hall–Kier alpha value is -2.79. The molecule has 1 aliphatic rings. The van der Waals surface area contributed by atoms with Crippen molar-refractivity contribution in [3.05, 3.63) is 65.7 Å². The first kappa shape index (κ1) is 19.0. The van der Waals surface area contributed by atoms with Gasteiger partial charge in [0.05, 0.1) is 14.2 Å². The smallest absolute Gasteiger partial charge is 0.246 e. The van der Waals surface area contributed by atoms with Gasteiger partial charge in [-0.25, -0.2) is 0 Å². The van der Waals surface area contributed by atoms with Crippen LogP contribution in [0.1, 0.15) is 11.1 Å². The summed E-state index contributed by atoms with van der Waals surface area (Å²) in [6, 6.07) is 15.8. The fraction of sp³-hybridized carbons (Fsp3) is 0.318. The van der Waals surface area contributed by atoms with Crippen molar-refractivity contribution in [2.75, 3.05) is 40.4 Å². The van der Waals surface area contributed by atoms with Gasteiger partial charge in [-0.1, -0.05) is 24.3 Å². The lowest BCUT2D eigenvalue weighted by Crippen LogP contribution is -2.47. The quantitative estimate of drug-likeness (QED) is 0.737. The molecule has 2 aromatic rings. The molecule has 5 nitrogen and oxygen atoms in total. The van der Waals surface area contributed by atoms with Crippen LogP contribution in [0.15, 0.2) is 54.6 Å². The Kier molecular flexibility index (Phi) is 6.49. The molecule has 0 aromatic heterocycles. The van der Waals surface area contributed by atoms with Crippen LogP contribution < -0.4 is 9.47 Å². The first-order valence-electron chi connectivity index (χ1n) is 9.14. The predicted molar refractivity (Wildman–Crippen MR) is 107 cm³/mol. The van der Waals surface area contributed by atoms with E-state index in [1.165, 1.54) is 5.56 Å². The van der Waals surface area contributed by atoms with Crippen molar-refractivity contribution >= 4 is 12.0 Å². The SMILES string of the molecule is COc1ccc(/C=C/C(=O)N2CCN(Cc3cccc(OC)c3)CC2)cc1. The van der Waals surface area contributed by atoms with E-state index in [1.807, 2.05) is 47.4 Å². The number of benzene rings is 2. The summed E-state index contributed by atoms with van der Waals surface area (Å²) in [5.74, 6) is 1.75. The van der Waals surface area contributed by atoms with E-state index < -0.39 is 0 Å². The van der Waals surface area contributed by atoms with Crippen molar-refractivity contribution in [3.63, 3.8) is 0 Å². The van der Waals surface area contributed by atoms with Crippen LogP contribution in [-0.4, -0.2) is 56.1 Å². The third-order valence-electron chi connectivity index (χ3n) is 4.76. The first-order valence-corrected chi connectivity index (χ1v) is 9.14. The van der Waals surface area contributed by atoms with E-state index in [-0.39, 0.29) is 5.91 Å². The van der Waals surface area contributed by atoms with Crippen LogP contribution in [-0.2, 0) is 11.3 Å². The summed E-state index contributed by atoms with van der Waals surface area (Å²) < 4.78 is 10.4. The first-order chi connectivity index (χ1) is 13.2. The zero-order valence-electron chi connectivity index (χ0n) is 15.9. The van der Waals surface area contributed by atoms with Crippen LogP contribution >= 0.6 is 0 Å². The molecular formula is C22H26N2O3.